The van der Waals surface area contributed by atoms with E-state index in [2.05, 4.69) is 20.0 Å². The molecular formula is C21H31N5O3. The molecule has 8 nitrogen and oxygen atoms in total. The molecule has 0 bridgehead atoms. The van der Waals surface area contributed by atoms with E-state index < -0.39 is 0 Å². The second-order valence-corrected chi connectivity index (χ2v) is 8.40. The van der Waals surface area contributed by atoms with Gasteiger partial charge in [0, 0.05) is 12.5 Å². The maximum Gasteiger partial charge on any atom is 0.349 e. The Bertz CT molecular complexity index is 925. The lowest BCUT2D eigenvalue weighted by Crippen LogP contribution is -2.36. The molecule has 0 radical (unpaired) electrons. The van der Waals surface area contributed by atoms with Crippen molar-refractivity contribution in [1.29, 1.82) is 0 Å². The van der Waals surface area contributed by atoms with Crippen LogP contribution in [0.15, 0.2) is 21.7 Å². The van der Waals surface area contributed by atoms with Crippen LogP contribution in [0.1, 0.15) is 63.1 Å². The highest BCUT2D eigenvalue weighted by Gasteiger charge is 2.25. The van der Waals surface area contributed by atoms with Gasteiger partial charge in [0.25, 0.3) is 5.56 Å². The molecule has 2 aliphatic rings. The number of methoxy groups -OCH3 is 1. The molecular weight excluding hydrogens is 370 g/mol. The number of rotatable bonds is 6. The molecule has 8 heteroatoms. The van der Waals surface area contributed by atoms with Gasteiger partial charge < -0.3 is 14.6 Å². The normalized spacial score (nSPS) is 21.3. The summed E-state index contributed by atoms with van der Waals surface area (Å²) < 4.78 is 6.21. The molecule has 29 heavy (non-hydrogen) atoms. The summed E-state index contributed by atoms with van der Waals surface area (Å²) in [7, 11) is 1.44. The second kappa shape index (κ2) is 8.98. The van der Waals surface area contributed by atoms with Gasteiger partial charge in [-0.05, 0) is 50.4 Å². The molecule has 0 spiro atoms. The summed E-state index contributed by atoms with van der Waals surface area (Å²) in [5.74, 6) is 2.35. The number of pyridine rings is 1. The van der Waals surface area contributed by atoms with Gasteiger partial charge in [0.15, 0.2) is 5.75 Å². The van der Waals surface area contributed by atoms with Crippen molar-refractivity contribution in [2.75, 3.05) is 26.7 Å². The molecule has 1 saturated heterocycles. The van der Waals surface area contributed by atoms with Crippen molar-refractivity contribution in [2.45, 2.75) is 57.3 Å². The van der Waals surface area contributed by atoms with Crippen LogP contribution in [0.3, 0.4) is 0 Å². The van der Waals surface area contributed by atoms with E-state index in [9.17, 15) is 9.59 Å². The lowest BCUT2D eigenvalue weighted by Gasteiger charge is -2.33. The summed E-state index contributed by atoms with van der Waals surface area (Å²) in [6.45, 7) is 3.19. The second-order valence-electron chi connectivity index (χ2n) is 8.40. The topological polar surface area (TPSA) is 96.0 Å². The molecule has 4 rings (SSSR count). The van der Waals surface area contributed by atoms with Crippen molar-refractivity contribution in [3.05, 3.63) is 38.8 Å². The minimum absolute atomic E-state index is 0.207. The van der Waals surface area contributed by atoms with E-state index in [1.807, 2.05) is 0 Å². The number of hydrogen-bond donors (Lipinski definition) is 2. The monoisotopic (exact) mass is 401 g/mol. The van der Waals surface area contributed by atoms with E-state index in [0.717, 1.165) is 38.4 Å². The lowest BCUT2D eigenvalue weighted by atomic mass is 9.86. The number of piperidine rings is 1. The first-order valence-electron chi connectivity index (χ1n) is 10.8. The van der Waals surface area contributed by atoms with Crippen molar-refractivity contribution >= 4 is 0 Å². The molecule has 2 N–H and O–H groups in total. The van der Waals surface area contributed by atoms with Crippen LogP contribution in [0.25, 0.3) is 5.82 Å². The van der Waals surface area contributed by atoms with E-state index in [1.54, 1.807) is 12.1 Å². The summed E-state index contributed by atoms with van der Waals surface area (Å²) in [4.78, 5) is 32.5. The zero-order valence-electron chi connectivity index (χ0n) is 17.2. The Morgan fingerprint density at radius 1 is 1.10 bits per heavy atom. The van der Waals surface area contributed by atoms with Crippen molar-refractivity contribution < 1.29 is 4.74 Å². The predicted molar refractivity (Wildman–Crippen MR) is 111 cm³/mol. The average molecular weight is 402 g/mol. The fourth-order valence-electron chi connectivity index (χ4n) is 4.74. The molecule has 1 atom stereocenters. The highest BCUT2D eigenvalue weighted by molar-refractivity contribution is 5.27. The number of aromatic nitrogens is 4. The Morgan fingerprint density at radius 2 is 1.93 bits per heavy atom. The summed E-state index contributed by atoms with van der Waals surface area (Å²) in [5, 5.41) is 4.50. The molecule has 2 aromatic heterocycles. The first kappa shape index (κ1) is 19.9. The Kier molecular flexibility index (Phi) is 6.18. The van der Waals surface area contributed by atoms with Crippen LogP contribution in [0.4, 0.5) is 0 Å². The van der Waals surface area contributed by atoms with Crippen molar-refractivity contribution in [2.24, 2.45) is 5.92 Å². The third kappa shape index (κ3) is 4.63. The van der Waals surface area contributed by atoms with Crippen LogP contribution < -0.4 is 16.0 Å². The Balaban J connectivity index is 1.43. The van der Waals surface area contributed by atoms with Crippen LogP contribution in [-0.4, -0.2) is 51.4 Å². The maximum absolute atomic E-state index is 12.4. The molecule has 158 valence electrons. The Hall–Kier alpha value is -2.35. The van der Waals surface area contributed by atoms with Gasteiger partial charge in [-0.1, -0.05) is 32.1 Å². The molecule has 1 aliphatic heterocycles. The van der Waals surface area contributed by atoms with Gasteiger partial charge in [0.1, 0.15) is 11.6 Å². The van der Waals surface area contributed by atoms with E-state index >= 15 is 0 Å². The van der Waals surface area contributed by atoms with Crippen LogP contribution in [0.2, 0.25) is 0 Å². The zero-order valence-corrected chi connectivity index (χ0v) is 17.2. The number of ether oxygens (including phenoxy) is 1. The van der Waals surface area contributed by atoms with Crippen molar-refractivity contribution in [3.8, 4) is 11.6 Å². The SMILES string of the molecule is COc1ccc(-n2nc(C3CCCN(CCC4CCCCC4)C3)[nH]c2=O)[nH]c1=O. The van der Waals surface area contributed by atoms with Gasteiger partial charge >= 0.3 is 5.69 Å². The summed E-state index contributed by atoms with van der Waals surface area (Å²) in [6, 6.07) is 3.17. The van der Waals surface area contributed by atoms with E-state index in [4.69, 9.17) is 4.74 Å². The van der Waals surface area contributed by atoms with Gasteiger partial charge in [-0.2, -0.15) is 4.68 Å². The fraction of sp³-hybridized carbons (Fsp3) is 0.667. The third-order valence-corrected chi connectivity index (χ3v) is 6.41. The summed E-state index contributed by atoms with van der Waals surface area (Å²) in [6.07, 6.45) is 10.4. The minimum atomic E-state index is -0.381. The molecule has 2 fully saturated rings. The number of nitrogens with zero attached hydrogens (tertiary/aromatic N) is 3. The Morgan fingerprint density at radius 3 is 2.69 bits per heavy atom. The van der Waals surface area contributed by atoms with E-state index in [0.29, 0.717) is 11.6 Å². The molecule has 3 heterocycles. The first-order valence-corrected chi connectivity index (χ1v) is 10.8. The minimum Gasteiger partial charge on any atom is -0.491 e. The largest absolute Gasteiger partial charge is 0.491 e. The van der Waals surface area contributed by atoms with Gasteiger partial charge in [-0.15, -0.1) is 5.10 Å². The number of H-pyrrole nitrogens is 2. The van der Waals surface area contributed by atoms with E-state index in [1.165, 1.54) is 50.3 Å². The number of aromatic amines is 2. The van der Waals surface area contributed by atoms with Crippen LogP contribution in [0, 0.1) is 5.92 Å². The third-order valence-electron chi connectivity index (χ3n) is 6.41. The molecule has 1 aliphatic carbocycles. The van der Waals surface area contributed by atoms with Crippen LogP contribution in [-0.2, 0) is 0 Å². The smallest absolute Gasteiger partial charge is 0.349 e. The molecule has 2 aromatic rings. The molecule has 0 amide bonds. The average Bonchev–Trinajstić information content (AvgIpc) is 3.15. The summed E-state index contributed by atoms with van der Waals surface area (Å²) >= 11 is 0. The summed E-state index contributed by atoms with van der Waals surface area (Å²) in [5.41, 5.74) is -0.715. The number of nitrogens with one attached hydrogen (secondary N) is 2. The van der Waals surface area contributed by atoms with Gasteiger partial charge in [-0.25, -0.2) is 4.79 Å². The van der Waals surface area contributed by atoms with Crippen LogP contribution >= 0.6 is 0 Å². The highest BCUT2D eigenvalue weighted by atomic mass is 16.5. The van der Waals surface area contributed by atoms with Gasteiger partial charge in [0.05, 0.1) is 7.11 Å². The zero-order chi connectivity index (χ0) is 20.2. The predicted octanol–water partition coefficient (Wildman–Crippen LogP) is 2.41. The number of likely N-dealkylation sites (tertiary alicyclic amines) is 1. The lowest BCUT2D eigenvalue weighted by molar-refractivity contribution is 0.182. The van der Waals surface area contributed by atoms with Gasteiger partial charge in [0.2, 0.25) is 0 Å². The first-order chi connectivity index (χ1) is 14.1. The van der Waals surface area contributed by atoms with Gasteiger partial charge in [-0.3, -0.25) is 9.78 Å². The standard InChI is InChI=1S/C21H31N5O3/c1-29-17-9-10-18(22-20(17)27)26-21(28)23-19(24-26)16-8-5-12-25(14-16)13-11-15-6-3-2-4-7-15/h9-10,15-16H,2-8,11-14H2,1H3,(H,22,27)(H,23,24,28). The van der Waals surface area contributed by atoms with Crippen molar-refractivity contribution in [1.82, 2.24) is 24.6 Å². The molecule has 1 unspecified atom stereocenters. The number of hydrogen-bond acceptors (Lipinski definition) is 5. The fourth-order valence-corrected chi connectivity index (χ4v) is 4.74. The van der Waals surface area contributed by atoms with E-state index in [-0.39, 0.29) is 22.9 Å². The maximum atomic E-state index is 12.4. The molecule has 1 saturated carbocycles. The van der Waals surface area contributed by atoms with Crippen molar-refractivity contribution in [3.63, 3.8) is 0 Å². The molecule has 0 aromatic carbocycles. The van der Waals surface area contributed by atoms with Crippen LogP contribution in [0.5, 0.6) is 5.75 Å². The quantitative estimate of drug-likeness (QED) is 0.775. The highest BCUT2D eigenvalue weighted by Crippen LogP contribution is 2.28. The Labute approximate surface area is 170 Å².